The number of aliphatic hydroxyl groups is 2. The van der Waals surface area contributed by atoms with E-state index in [2.05, 4.69) is 20.9 Å². The highest BCUT2D eigenvalue weighted by Gasteiger charge is 2.38. The molecule has 0 saturated carbocycles. The SMILES string of the molecule is COC(=O)N[C@H](C(=O)N[C@@H](Cc1ccc(-c2ccc(OC)nc2)cc1)[C@@H](O)C[C@@H](Cc1ccccc1F)C(=O)N[C@H]1c2cc(Cl)cc(F)c2OC[C@H]1O)C(C)(C)C. The smallest absolute Gasteiger partial charge is 0.407 e. The second-order valence-electron chi connectivity index (χ2n) is 15.0. The molecule has 0 unspecified atom stereocenters. The summed E-state index contributed by atoms with van der Waals surface area (Å²) in [6.45, 7) is 4.93. The van der Waals surface area contributed by atoms with E-state index in [0.717, 1.165) is 17.2 Å². The number of amides is 3. The van der Waals surface area contributed by atoms with Gasteiger partial charge in [0.2, 0.25) is 17.7 Å². The highest BCUT2D eigenvalue weighted by Crippen LogP contribution is 2.37. The van der Waals surface area contributed by atoms with Crippen LogP contribution in [0.4, 0.5) is 13.6 Å². The van der Waals surface area contributed by atoms with Crippen molar-refractivity contribution in [3.8, 4) is 22.8 Å². The molecule has 0 bridgehead atoms. The van der Waals surface area contributed by atoms with Gasteiger partial charge < -0.3 is 40.4 Å². The van der Waals surface area contributed by atoms with Crippen molar-refractivity contribution in [1.29, 1.82) is 0 Å². The Kier molecular flexibility index (Phi) is 14.1. The number of pyridine rings is 1. The summed E-state index contributed by atoms with van der Waals surface area (Å²) < 4.78 is 45.2. The molecule has 0 spiro atoms. The number of nitrogens with one attached hydrogen (secondary N) is 3. The molecule has 1 aliphatic rings. The fraction of sp³-hybridized carbons (Fsp3) is 0.381. The van der Waals surface area contributed by atoms with E-state index in [1.165, 1.54) is 38.5 Å². The van der Waals surface area contributed by atoms with Crippen molar-refractivity contribution in [1.82, 2.24) is 20.9 Å². The molecule has 3 amide bonds. The van der Waals surface area contributed by atoms with Gasteiger partial charge in [-0.2, -0.15) is 0 Å². The average molecular weight is 809 g/mol. The maximum Gasteiger partial charge on any atom is 0.407 e. The van der Waals surface area contributed by atoms with Gasteiger partial charge in [-0.15, -0.1) is 0 Å². The predicted molar refractivity (Wildman–Crippen MR) is 209 cm³/mol. The summed E-state index contributed by atoms with van der Waals surface area (Å²) in [5, 5.41) is 31.1. The van der Waals surface area contributed by atoms with Crippen molar-refractivity contribution in [3.05, 3.63) is 112 Å². The summed E-state index contributed by atoms with van der Waals surface area (Å²) in [4.78, 5) is 44.7. The van der Waals surface area contributed by atoms with Crippen molar-refractivity contribution in [2.45, 2.75) is 70.4 Å². The van der Waals surface area contributed by atoms with Crippen LogP contribution in [0.3, 0.4) is 0 Å². The Labute approximate surface area is 334 Å². The molecule has 5 rings (SSSR count). The molecule has 1 aliphatic heterocycles. The Morgan fingerprint density at radius 1 is 0.947 bits per heavy atom. The second-order valence-corrected chi connectivity index (χ2v) is 15.4. The molecule has 57 heavy (non-hydrogen) atoms. The Balaban J connectivity index is 1.46. The monoisotopic (exact) mass is 808 g/mol. The number of aromatic nitrogens is 1. The normalized spacial score (nSPS) is 17.2. The third-order valence-electron chi connectivity index (χ3n) is 9.83. The summed E-state index contributed by atoms with van der Waals surface area (Å²) in [7, 11) is 2.70. The molecule has 0 saturated heterocycles. The minimum Gasteiger partial charge on any atom is -0.487 e. The van der Waals surface area contributed by atoms with Gasteiger partial charge in [-0.1, -0.05) is 74.8 Å². The van der Waals surface area contributed by atoms with Crippen LogP contribution in [0.2, 0.25) is 5.02 Å². The molecule has 0 radical (unpaired) electrons. The van der Waals surface area contributed by atoms with Gasteiger partial charge >= 0.3 is 6.09 Å². The van der Waals surface area contributed by atoms with Crippen molar-refractivity contribution in [2.24, 2.45) is 11.3 Å². The lowest BCUT2D eigenvalue weighted by Crippen LogP contribution is -2.57. The van der Waals surface area contributed by atoms with Crippen molar-refractivity contribution < 1.29 is 47.6 Å². The van der Waals surface area contributed by atoms with Crippen LogP contribution >= 0.6 is 11.6 Å². The number of rotatable bonds is 14. The first-order valence-electron chi connectivity index (χ1n) is 18.3. The number of methoxy groups -OCH3 is 2. The topological polar surface area (TPSA) is 168 Å². The third kappa shape index (κ3) is 11.0. The lowest BCUT2D eigenvalue weighted by molar-refractivity contribution is -0.128. The van der Waals surface area contributed by atoms with E-state index in [1.807, 2.05) is 30.3 Å². The fourth-order valence-electron chi connectivity index (χ4n) is 6.71. The first kappa shape index (κ1) is 42.8. The maximum atomic E-state index is 15.1. The summed E-state index contributed by atoms with van der Waals surface area (Å²) >= 11 is 6.13. The van der Waals surface area contributed by atoms with Gasteiger partial charge in [0.05, 0.1) is 32.4 Å². The van der Waals surface area contributed by atoms with Gasteiger partial charge in [-0.25, -0.2) is 18.6 Å². The number of ether oxygens (including phenoxy) is 3. The van der Waals surface area contributed by atoms with Gasteiger partial charge in [0.1, 0.15) is 24.6 Å². The number of benzene rings is 3. The molecule has 4 aromatic rings. The summed E-state index contributed by atoms with van der Waals surface area (Å²) in [6, 6.07) is 16.0. The predicted octanol–water partition coefficient (Wildman–Crippen LogP) is 5.71. The summed E-state index contributed by atoms with van der Waals surface area (Å²) in [6.07, 6.45) is -2.25. The molecule has 0 aliphatic carbocycles. The van der Waals surface area contributed by atoms with Gasteiger partial charge in [0.15, 0.2) is 11.6 Å². The number of hydrogen-bond donors (Lipinski definition) is 5. The minimum absolute atomic E-state index is 0.0176. The van der Waals surface area contributed by atoms with Crippen LogP contribution in [0, 0.1) is 23.0 Å². The standard InChI is InChI=1S/C42H47ClF2N4O8/c1-42(2,3)38(49-41(54)56-5)40(53)47-32(16-23-10-12-24(13-11-23)26-14-15-35(55-4)46-21-26)33(50)18-27(17-25-8-6-7-9-30(25)44)39(52)48-36-29-19-28(43)20-31(45)37(29)57-22-34(36)51/h6-15,19-21,27,32-34,36,38,50-51H,16-18,22H2,1-5H3,(H,47,53)(H,48,52)(H,49,54)/t27-,32+,33+,34-,36+,38-/m1/s1. The van der Waals surface area contributed by atoms with Crippen LogP contribution in [0.5, 0.6) is 11.6 Å². The Bertz CT molecular complexity index is 2030. The van der Waals surface area contributed by atoms with E-state index in [4.69, 9.17) is 25.8 Å². The Morgan fingerprint density at radius 3 is 2.28 bits per heavy atom. The molecule has 304 valence electrons. The van der Waals surface area contributed by atoms with E-state index in [9.17, 15) is 29.0 Å². The molecule has 5 N–H and O–H groups in total. The number of alkyl carbamates (subject to hydrolysis) is 1. The molecular weight excluding hydrogens is 762 g/mol. The van der Waals surface area contributed by atoms with Crippen LogP contribution < -0.4 is 25.4 Å². The fourth-order valence-corrected chi connectivity index (χ4v) is 6.92. The lowest BCUT2D eigenvalue weighted by Gasteiger charge is -2.34. The molecule has 0 fully saturated rings. The molecule has 3 aromatic carbocycles. The molecule has 12 nitrogen and oxygen atoms in total. The summed E-state index contributed by atoms with van der Waals surface area (Å²) in [5.74, 6) is -3.49. The number of carbonyl (C=O) groups is 3. The van der Waals surface area contributed by atoms with Crippen molar-refractivity contribution in [3.63, 3.8) is 0 Å². The van der Waals surface area contributed by atoms with Crippen LogP contribution in [-0.4, -0.2) is 78.2 Å². The maximum absolute atomic E-state index is 15.1. The molecule has 15 heteroatoms. The zero-order chi connectivity index (χ0) is 41.4. The zero-order valence-electron chi connectivity index (χ0n) is 32.2. The van der Waals surface area contributed by atoms with E-state index in [-0.39, 0.29) is 47.8 Å². The number of halogens is 3. The van der Waals surface area contributed by atoms with Crippen LogP contribution in [0.15, 0.2) is 79.0 Å². The van der Waals surface area contributed by atoms with E-state index in [1.54, 1.807) is 39.1 Å². The molecule has 2 heterocycles. The van der Waals surface area contributed by atoms with Crippen molar-refractivity contribution >= 4 is 29.5 Å². The van der Waals surface area contributed by atoms with Crippen molar-refractivity contribution in [2.75, 3.05) is 20.8 Å². The number of aliphatic hydroxyl groups excluding tert-OH is 2. The van der Waals surface area contributed by atoms with Crippen LogP contribution in [0.25, 0.3) is 11.1 Å². The van der Waals surface area contributed by atoms with E-state index < -0.39 is 71.2 Å². The molecular formula is C42H47ClF2N4O8. The van der Waals surface area contributed by atoms with Crippen LogP contribution in [0.1, 0.15) is 49.9 Å². The Hall–Kier alpha value is -5.31. The van der Waals surface area contributed by atoms with E-state index in [0.29, 0.717) is 11.4 Å². The molecule has 1 aromatic heterocycles. The molecule has 6 atom stereocenters. The highest BCUT2D eigenvalue weighted by atomic mass is 35.5. The first-order valence-corrected chi connectivity index (χ1v) is 18.7. The number of hydrogen-bond acceptors (Lipinski definition) is 9. The minimum atomic E-state index is -1.42. The highest BCUT2D eigenvalue weighted by molar-refractivity contribution is 6.30. The largest absolute Gasteiger partial charge is 0.487 e. The van der Waals surface area contributed by atoms with Gasteiger partial charge in [0.25, 0.3) is 0 Å². The van der Waals surface area contributed by atoms with Gasteiger partial charge in [0, 0.05) is 34.3 Å². The third-order valence-corrected chi connectivity index (χ3v) is 10.0. The lowest BCUT2D eigenvalue weighted by atomic mass is 9.85. The quantitative estimate of drug-likeness (QED) is 0.107. The number of fused-ring (bicyclic) bond motifs is 1. The number of carbonyl (C=O) groups excluding carboxylic acids is 3. The second kappa shape index (κ2) is 18.8. The van der Waals surface area contributed by atoms with Gasteiger partial charge in [-0.05, 0) is 65.6 Å². The average Bonchev–Trinajstić information content (AvgIpc) is 3.17. The number of nitrogens with zero attached hydrogens (tertiary/aromatic N) is 1. The van der Waals surface area contributed by atoms with Crippen LogP contribution in [-0.2, 0) is 27.2 Å². The zero-order valence-corrected chi connectivity index (χ0v) is 33.0. The van der Waals surface area contributed by atoms with E-state index >= 15 is 4.39 Å². The first-order chi connectivity index (χ1) is 27.1. The summed E-state index contributed by atoms with van der Waals surface area (Å²) in [5.41, 5.74) is 1.91. The Morgan fingerprint density at radius 2 is 1.65 bits per heavy atom. The van der Waals surface area contributed by atoms with Gasteiger partial charge in [-0.3, -0.25) is 9.59 Å².